The third-order valence-electron chi connectivity index (χ3n) is 3.30. The van der Waals surface area contributed by atoms with Gasteiger partial charge in [-0.3, -0.25) is 0 Å². The largest absolute Gasteiger partial charge is 0.383 e. The number of ether oxygens (including phenoxy) is 1. The van der Waals surface area contributed by atoms with E-state index in [0.29, 0.717) is 16.7 Å². The van der Waals surface area contributed by atoms with E-state index in [9.17, 15) is 0 Å². The van der Waals surface area contributed by atoms with Crippen molar-refractivity contribution in [1.29, 1.82) is 0 Å². The van der Waals surface area contributed by atoms with E-state index in [1.165, 1.54) is 4.88 Å². The molecule has 1 unspecified atom stereocenters. The highest BCUT2D eigenvalue weighted by Gasteiger charge is 2.19. The molecular weight excluding hydrogens is 336 g/mol. The molecule has 0 fully saturated rings. The van der Waals surface area contributed by atoms with Gasteiger partial charge in [-0.1, -0.05) is 23.7 Å². The highest BCUT2D eigenvalue weighted by atomic mass is 35.5. The summed E-state index contributed by atoms with van der Waals surface area (Å²) in [6.07, 6.45) is 0. The van der Waals surface area contributed by atoms with Gasteiger partial charge in [0.15, 0.2) is 5.11 Å². The van der Waals surface area contributed by atoms with Gasteiger partial charge in [-0.15, -0.1) is 11.3 Å². The van der Waals surface area contributed by atoms with E-state index >= 15 is 0 Å². The zero-order valence-corrected chi connectivity index (χ0v) is 15.0. The lowest BCUT2D eigenvalue weighted by atomic mass is 10.2. The molecule has 0 amide bonds. The predicted octanol–water partition coefficient (Wildman–Crippen LogP) is 4.81. The maximum Gasteiger partial charge on any atom is 0.174 e. The van der Waals surface area contributed by atoms with E-state index in [4.69, 9.17) is 28.6 Å². The second-order valence-electron chi connectivity index (χ2n) is 4.82. The van der Waals surface area contributed by atoms with Crippen LogP contribution in [0, 0.1) is 0 Å². The molecule has 0 saturated heterocycles. The van der Waals surface area contributed by atoms with E-state index in [0.717, 1.165) is 12.2 Å². The first kappa shape index (κ1) is 17.2. The van der Waals surface area contributed by atoms with Gasteiger partial charge in [0.25, 0.3) is 0 Å². The maximum absolute atomic E-state index is 6.02. The van der Waals surface area contributed by atoms with Gasteiger partial charge in [0.05, 0.1) is 12.6 Å². The molecule has 1 aromatic heterocycles. The van der Waals surface area contributed by atoms with Gasteiger partial charge in [0.1, 0.15) is 0 Å². The summed E-state index contributed by atoms with van der Waals surface area (Å²) in [6, 6.07) is 11.9. The fraction of sp³-hybridized carbons (Fsp3) is 0.312. The van der Waals surface area contributed by atoms with Crippen molar-refractivity contribution in [3.05, 3.63) is 51.7 Å². The van der Waals surface area contributed by atoms with Gasteiger partial charge in [-0.2, -0.15) is 0 Å². The van der Waals surface area contributed by atoms with Crippen LogP contribution in [-0.4, -0.2) is 30.3 Å². The highest BCUT2D eigenvalue weighted by Crippen LogP contribution is 2.25. The minimum atomic E-state index is 0.189. The zero-order chi connectivity index (χ0) is 15.9. The van der Waals surface area contributed by atoms with Crippen molar-refractivity contribution in [2.45, 2.75) is 13.0 Å². The molecule has 0 spiro atoms. The topological polar surface area (TPSA) is 24.5 Å². The van der Waals surface area contributed by atoms with Crippen LogP contribution in [-0.2, 0) is 4.74 Å². The van der Waals surface area contributed by atoms with Gasteiger partial charge < -0.3 is 15.0 Å². The Morgan fingerprint density at radius 1 is 1.41 bits per heavy atom. The number of methoxy groups -OCH3 is 1. The lowest BCUT2D eigenvalue weighted by Crippen LogP contribution is -2.38. The van der Waals surface area contributed by atoms with Crippen LogP contribution in [0.1, 0.15) is 17.8 Å². The molecule has 0 bridgehead atoms. The van der Waals surface area contributed by atoms with Crippen LogP contribution in [0.25, 0.3) is 0 Å². The Kier molecular flexibility index (Phi) is 6.64. The first-order valence-corrected chi connectivity index (χ1v) is 8.64. The maximum atomic E-state index is 6.02. The van der Waals surface area contributed by atoms with Crippen LogP contribution in [0.5, 0.6) is 0 Å². The average molecular weight is 355 g/mol. The van der Waals surface area contributed by atoms with Crippen molar-refractivity contribution >= 4 is 46.0 Å². The molecule has 6 heteroatoms. The van der Waals surface area contributed by atoms with Gasteiger partial charge >= 0.3 is 0 Å². The van der Waals surface area contributed by atoms with E-state index < -0.39 is 0 Å². The molecule has 1 atom stereocenters. The Morgan fingerprint density at radius 2 is 2.23 bits per heavy atom. The standard InChI is InChI=1S/C16H19ClN2OS2/c1-12(15-7-4-10-22-15)19(8-9-20-2)16(21)18-14-6-3-5-13(17)11-14/h3-7,10-12H,8-9H2,1-2H3,(H,18,21). The number of nitrogens with one attached hydrogen (secondary N) is 1. The van der Waals surface area contributed by atoms with Crippen molar-refractivity contribution in [1.82, 2.24) is 4.90 Å². The average Bonchev–Trinajstić information content (AvgIpc) is 3.01. The quantitative estimate of drug-likeness (QED) is 0.752. The molecule has 22 heavy (non-hydrogen) atoms. The Morgan fingerprint density at radius 3 is 2.86 bits per heavy atom. The van der Waals surface area contributed by atoms with Crippen molar-refractivity contribution in [3.63, 3.8) is 0 Å². The van der Waals surface area contributed by atoms with E-state index in [-0.39, 0.29) is 6.04 Å². The number of halogens is 1. The Hall–Kier alpha value is -1.14. The summed E-state index contributed by atoms with van der Waals surface area (Å²) >= 11 is 13.3. The molecule has 3 nitrogen and oxygen atoms in total. The molecule has 1 N–H and O–H groups in total. The number of nitrogens with zero attached hydrogens (tertiary/aromatic N) is 1. The summed E-state index contributed by atoms with van der Waals surface area (Å²) in [5, 5.41) is 6.68. The van der Waals surface area contributed by atoms with Crippen LogP contribution < -0.4 is 5.32 Å². The normalized spacial score (nSPS) is 12.0. The lowest BCUT2D eigenvalue weighted by Gasteiger charge is -2.31. The lowest BCUT2D eigenvalue weighted by molar-refractivity contribution is 0.166. The summed E-state index contributed by atoms with van der Waals surface area (Å²) < 4.78 is 5.21. The van der Waals surface area contributed by atoms with Gasteiger partial charge in [-0.25, -0.2) is 0 Å². The number of thiocarbonyl (C=S) groups is 1. The van der Waals surface area contributed by atoms with Crippen molar-refractivity contribution in [2.75, 3.05) is 25.6 Å². The first-order chi connectivity index (χ1) is 10.6. The minimum absolute atomic E-state index is 0.189. The van der Waals surface area contributed by atoms with Crippen LogP contribution in [0.4, 0.5) is 5.69 Å². The molecule has 2 aromatic rings. The Bertz CT molecular complexity index is 604. The molecular formula is C16H19ClN2OS2. The first-order valence-electron chi connectivity index (χ1n) is 6.97. The van der Waals surface area contributed by atoms with E-state index in [1.807, 2.05) is 24.3 Å². The smallest absolute Gasteiger partial charge is 0.174 e. The van der Waals surface area contributed by atoms with Crippen LogP contribution in [0.15, 0.2) is 41.8 Å². The van der Waals surface area contributed by atoms with Crippen LogP contribution in [0.3, 0.4) is 0 Å². The second-order valence-corrected chi connectivity index (χ2v) is 6.62. The highest BCUT2D eigenvalue weighted by molar-refractivity contribution is 7.80. The SMILES string of the molecule is COCCN(C(=S)Nc1cccc(Cl)c1)C(C)c1cccs1. The van der Waals surface area contributed by atoms with Crippen LogP contribution in [0.2, 0.25) is 5.02 Å². The molecule has 1 aromatic carbocycles. The van der Waals surface area contributed by atoms with E-state index in [2.05, 4.69) is 34.7 Å². The molecule has 0 aliphatic heterocycles. The molecule has 1 heterocycles. The number of hydrogen-bond donors (Lipinski definition) is 1. The third-order valence-corrected chi connectivity index (χ3v) is 4.91. The number of hydrogen-bond acceptors (Lipinski definition) is 3. The molecule has 0 aliphatic carbocycles. The number of anilines is 1. The van der Waals surface area contributed by atoms with Crippen molar-refractivity contribution in [2.24, 2.45) is 0 Å². The van der Waals surface area contributed by atoms with Gasteiger partial charge in [0, 0.05) is 29.2 Å². The fourth-order valence-electron chi connectivity index (χ4n) is 2.10. The summed E-state index contributed by atoms with van der Waals surface area (Å²) in [4.78, 5) is 3.40. The molecule has 2 rings (SSSR count). The monoisotopic (exact) mass is 354 g/mol. The Labute approximate surface area is 145 Å². The summed E-state index contributed by atoms with van der Waals surface area (Å²) in [5.74, 6) is 0. The minimum Gasteiger partial charge on any atom is -0.383 e. The zero-order valence-electron chi connectivity index (χ0n) is 12.6. The van der Waals surface area contributed by atoms with Gasteiger partial charge in [0.2, 0.25) is 0 Å². The number of rotatable bonds is 6. The van der Waals surface area contributed by atoms with Crippen molar-refractivity contribution in [3.8, 4) is 0 Å². The molecule has 118 valence electrons. The van der Waals surface area contributed by atoms with Crippen molar-refractivity contribution < 1.29 is 4.74 Å². The molecule has 0 aliphatic rings. The fourth-order valence-corrected chi connectivity index (χ4v) is 3.46. The van der Waals surface area contributed by atoms with Crippen LogP contribution >= 0.6 is 35.2 Å². The number of thiophene rings is 1. The van der Waals surface area contributed by atoms with Gasteiger partial charge in [-0.05, 0) is 48.8 Å². The third kappa shape index (κ3) is 4.68. The summed E-state index contributed by atoms with van der Waals surface area (Å²) in [6.45, 7) is 3.49. The van der Waals surface area contributed by atoms with E-state index in [1.54, 1.807) is 18.4 Å². The summed E-state index contributed by atoms with van der Waals surface area (Å²) in [5.41, 5.74) is 0.887. The molecule has 0 saturated carbocycles. The predicted molar refractivity (Wildman–Crippen MR) is 99.0 cm³/mol. The summed E-state index contributed by atoms with van der Waals surface area (Å²) in [7, 11) is 1.70. The Balaban J connectivity index is 2.12. The molecule has 0 radical (unpaired) electrons. The second kappa shape index (κ2) is 8.48. The number of benzene rings is 1.